The van der Waals surface area contributed by atoms with Crippen LogP contribution in [-0.2, 0) is 194 Å². The Morgan fingerprint density at radius 1 is 0.444 bits per heavy atom. The fourth-order valence-electron chi connectivity index (χ4n) is 0. The van der Waals surface area contributed by atoms with Crippen molar-refractivity contribution in [3.05, 3.63) is 0 Å². The molecule has 0 aliphatic carbocycles. The molecule has 0 rings (SSSR count). The molecule has 0 bridgehead atoms. The van der Waals surface area contributed by atoms with Crippen molar-refractivity contribution >= 4 is 27.3 Å². The maximum absolute atomic E-state index is 8.61. The maximum Gasteiger partial charge on any atom is 2.00 e. The van der Waals surface area contributed by atoms with Gasteiger partial charge in [0.2, 0.25) is 0 Å². The van der Waals surface area contributed by atoms with Gasteiger partial charge in [-0.3, -0.25) is 0 Å². The van der Waals surface area contributed by atoms with E-state index in [0.717, 1.165) is 0 Å². The SMILES string of the molecule is [Nb+5].[Nb+5].[O]=[Ti]([O-])[O-].[O]=[Zr]([O-])[O-].[O]=[Zr]([O-])[O-].[O]=[Zr]([O-])[O-].[O]=[Zr]([O-])[O-].[O]=[Zr]([O-])[O-].[Pb+2]. The first kappa shape index (κ1) is 58.6. The van der Waals surface area contributed by atoms with Gasteiger partial charge in [0.15, 0.2) is 0 Å². The smallest absolute Gasteiger partial charge is 2.00 e. The zero-order valence-electron chi connectivity index (χ0n) is 11.7. The van der Waals surface area contributed by atoms with E-state index in [1.165, 1.54) is 0 Å². The van der Waals surface area contributed by atoms with Gasteiger partial charge in [0.1, 0.15) is 0 Å². The van der Waals surface area contributed by atoms with E-state index < -0.39 is 132 Å². The molecule has 2 radical (unpaired) electrons. The first-order valence-corrected chi connectivity index (χ1v) is 20.6. The largest absolute Gasteiger partial charge is 2.00 e. The average Bonchev–Trinajstić information content (AvgIpc) is 2.08. The molecule has 0 N–H and O–H groups in total. The Hall–Kier alpha value is 5.85. The van der Waals surface area contributed by atoms with Crippen LogP contribution in [0.3, 0.4) is 0 Å². The monoisotopic (exact) mass is 1180 g/mol. The Kier molecular flexibility index (Phi) is 116. The molecule has 27 heavy (non-hydrogen) atoms. The summed E-state index contributed by atoms with van der Waals surface area (Å²) in [6.45, 7) is 0. The molecule has 0 aromatic heterocycles. The molecule has 146 valence electrons. The third-order valence-corrected chi connectivity index (χ3v) is 0. The van der Waals surface area contributed by atoms with Gasteiger partial charge in [-0.2, -0.15) is 0 Å². The van der Waals surface area contributed by atoms with E-state index in [-0.39, 0.29) is 72.1 Å². The summed E-state index contributed by atoms with van der Waals surface area (Å²) >= 11 is -25.5. The molecular weight excluding hydrogens is 1180 g/mol. The molecule has 0 aromatic carbocycles. The Balaban J connectivity index is -0.0000000201. The molecule has 0 heterocycles. The van der Waals surface area contributed by atoms with Gasteiger partial charge in [-0.05, 0) is 0 Å². The summed E-state index contributed by atoms with van der Waals surface area (Å²) in [5.41, 5.74) is 0. The Morgan fingerprint density at radius 3 is 0.444 bits per heavy atom. The van der Waals surface area contributed by atoms with E-state index >= 15 is 0 Å². The van der Waals surface area contributed by atoms with Crippen LogP contribution in [-0.4, -0.2) is 27.3 Å². The molecule has 0 saturated heterocycles. The van der Waals surface area contributed by atoms with Crippen molar-refractivity contribution in [1.82, 2.24) is 0 Å². The molecule has 0 aromatic rings. The molecular formula is Nb2O18PbTiZr5. The van der Waals surface area contributed by atoms with Gasteiger partial charge < -0.3 is 0 Å². The quantitative estimate of drug-likeness (QED) is 0.203. The molecule has 0 unspecified atom stereocenters. The topological polar surface area (TPSA) is 379 Å². The first-order valence-electron chi connectivity index (χ1n) is 3.67. The van der Waals surface area contributed by atoms with Crippen LogP contribution in [0.2, 0.25) is 0 Å². The zero-order valence-corrected chi connectivity index (χ0v) is 33.9. The van der Waals surface area contributed by atoms with Crippen molar-refractivity contribution in [2.75, 3.05) is 0 Å². The predicted molar refractivity (Wildman–Crippen MR) is 9.87 cm³/mol. The van der Waals surface area contributed by atoms with Crippen LogP contribution in [0.1, 0.15) is 0 Å². The van der Waals surface area contributed by atoms with E-state index in [1.54, 1.807) is 0 Å². The van der Waals surface area contributed by atoms with Gasteiger partial charge in [-0.25, -0.2) is 0 Å². The fourth-order valence-corrected chi connectivity index (χ4v) is 0. The molecule has 18 nitrogen and oxygen atoms in total. The third-order valence-electron chi connectivity index (χ3n) is 0. The van der Waals surface area contributed by atoms with E-state index in [0.29, 0.717) is 0 Å². The summed E-state index contributed by atoms with van der Waals surface area (Å²) in [6, 6.07) is 0. The van der Waals surface area contributed by atoms with Crippen LogP contribution in [0, 0.1) is 0 Å². The minimum atomic E-state index is -4.29. The second kappa shape index (κ2) is 53.3. The second-order valence-corrected chi connectivity index (χ2v) is 8.43. The third kappa shape index (κ3) is 829. The van der Waals surface area contributed by atoms with Crippen molar-refractivity contribution in [3.63, 3.8) is 0 Å². The number of rotatable bonds is 0. The van der Waals surface area contributed by atoms with Crippen LogP contribution < -0.4 is 39.2 Å². The molecule has 27 heteroatoms. The minimum Gasteiger partial charge on any atom is 2.00 e. The van der Waals surface area contributed by atoms with Crippen LogP contribution >= 0.6 is 0 Å². The van der Waals surface area contributed by atoms with Crippen molar-refractivity contribution in [2.24, 2.45) is 0 Å². The van der Waals surface area contributed by atoms with Gasteiger partial charge in [-0.1, -0.05) is 0 Å². The maximum atomic E-state index is 8.61. The summed E-state index contributed by atoms with van der Waals surface area (Å²) in [5.74, 6) is 0. The first-order chi connectivity index (χ1) is 10.4. The minimum absolute atomic E-state index is 0. The fraction of sp³-hybridized carbons (Fsp3) is 0. The summed E-state index contributed by atoms with van der Waals surface area (Å²) in [5, 5.41) is 0. The normalized spacial score (nSPS) is 5.78. The predicted octanol–water partition coefficient (Wildman–Crippen LogP) is -15.4. The molecule has 0 atom stereocenters. The van der Waals surface area contributed by atoms with Gasteiger partial charge >= 0.3 is 260 Å². The summed E-state index contributed by atoms with van der Waals surface area (Å²) in [7, 11) is 0. The Labute approximate surface area is 254 Å². The van der Waals surface area contributed by atoms with Gasteiger partial charge in [0.05, 0.1) is 0 Å². The molecule has 0 saturated carbocycles. The van der Waals surface area contributed by atoms with Crippen LogP contribution in [0.5, 0.6) is 0 Å². The number of hydrogen-bond acceptors (Lipinski definition) is 18. The summed E-state index contributed by atoms with van der Waals surface area (Å²) < 4.78 is 155. The van der Waals surface area contributed by atoms with Crippen molar-refractivity contribution in [3.8, 4) is 0 Å². The van der Waals surface area contributed by atoms with Crippen LogP contribution in [0.15, 0.2) is 0 Å². The van der Waals surface area contributed by atoms with Gasteiger partial charge in [0.25, 0.3) is 0 Å². The second-order valence-electron chi connectivity index (χ2n) is 1.50. The van der Waals surface area contributed by atoms with E-state index in [1.807, 2.05) is 0 Å². The van der Waals surface area contributed by atoms with Crippen LogP contribution in [0.25, 0.3) is 0 Å². The summed E-state index contributed by atoms with van der Waals surface area (Å²) in [4.78, 5) is 0. The molecule has 0 amide bonds. The van der Waals surface area contributed by atoms with Crippen molar-refractivity contribution in [2.45, 2.75) is 0 Å². The molecule has 0 aliphatic rings. The zero-order chi connectivity index (χ0) is 21.5. The van der Waals surface area contributed by atoms with E-state index in [9.17, 15) is 0 Å². The summed E-state index contributed by atoms with van der Waals surface area (Å²) in [6.07, 6.45) is 0. The van der Waals surface area contributed by atoms with Crippen LogP contribution in [0.4, 0.5) is 0 Å². The Morgan fingerprint density at radius 2 is 0.444 bits per heavy atom. The average molecular weight is 1180 g/mol. The van der Waals surface area contributed by atoms with E-state index in [4.69, 9.17) is 56.6 Å². The van der Waals surface area contributed by atoms with Gasteiger partial charge in [0, 0.05) is 0 Å². The molecule has 0 spiro atoms. The molecule has 0 aliphatic heterocycles. The standard InChI is InChI=1S/2Nb.18O.Pb.Ti.5Zr/q2*+5;;;;;;;12*-1;+2;;;;;;. The Bertz CT molecular complexity index is 271. The molecule has 0 fully saturated rings. The van der Waals surface area contributed by atoms with Gasteiger partial charge in [-0.15, -0.1) is 0 Å². The van der Waals surface area contributed by atoms with Crippen molar-refractivity contribution in [1.29, 1.82) is 0 Å². The number of hydrogen-bond donors (Lipinski definition) is 0. The van der Waals surface area contributed by atoms with Crippen molar-refractivity contribution < 1.29 is 233 Å². The van der Waals surface area contributed by atoms with E-state index in [2.05, 4.69) is 0 Å².